The molecule has 0 radical (unpaired) electrons. The summed E-state index contributed by atoms with van der Waals surface area (Å²) in [5.41, 5.74) is 2.41. The van der Waals surface area contributed by atoms with Crippen LogP contribution < -0.4 is 10.6 Å². The number of carbonyl (C=O) groups is 2. The molecule has 0 aromatic heterocycles. The molecule has 2 aromatic carbocycles. The van der Waals surface area contributed by atoms with E-state index in [2.05, 4.69) is 15.4 Å². The van der Waals surface area contributed by atoms with Gasteiger partial charge in [-0.25, -0.2) is 4.79 Å². The van der Waals surface area contributed by atoms with Crippen molar-refractivity contribution in [1.82, 2.24) is 0 Å². The number of esters is 1. The number of hydrogen-bond acceptors (Lipinski definition) is 5. The van der Waals surface area contributed by atoms with Crippen LogP contribution >= 0.6 is 11.8 Å². The third kappa shape index (κ3) is 5.73. The Morgan fingerprint density at radius 2 is 1.85 bits per heavy atom. The molecule has 0 heterocycles. The van der Waals surface area contributed by atoms with Gasteiger partial charge in [0.05, 0.1) is 19.2 Å². The van der Waals surface area contributed by atoms with Crippen LogP contribution in [0.5, 0.6) is 0 Å². The van der Waals surface area contributed by atoms with Gasteiger partial charge in [0.15, 0.2) is 0 Å². The molecule has 138 valence electrons. The third-order valence-electron chi connectivity index (χ3n) is 3.46. The van der Waals surface area contributed by atoms with Crippen LogP contribution in [-0.2, 0) is 9.53 Å². The number of aryl methyl sites for hydroxylation is 1. The number of carbonyl (C=O) groups excluding carboxylic acids is 2. The Bertz CT molecular complexity index is 783. The van der Waals surface area contributed by atoms with Crippen molar-refractivity contribution < 1.29 is 23.1 Å². The minimum atomic E-state index is -2.48. The van der Waals surface area contributed by atoms with E-state index in [4.69, 9.17) is 0 Å². The minimum absolute atomic E-state index is 0.0149. The zero-order valence-electron chi connectivity index (χ0n) is 14.2. The standard InChI is InChI=1S/C18H18F2N2O3S/c1-11-3-4-12(17(24)25-2)9-15(11)21-10-16(23)22-13-5-7-14(8-6-13)26-18(19)20/h3-9,18,21H,10H2,1-2H3,(H,22,23). The van der Waals surface area contributed by atoms with E-state index in [1.165, 1.54) is 19.2 Å². The molecule has 1 amide bonds. The van der Waals surface area contributed by atoms with E-state index < -0.39 is 11.7 Å². The van der Waals surface area contributed by atoms with Gasteiger partial charge >= 0.3 is 5.97 Å². The summed E-state index contributed by atoms with van der Waals surface area (Å²) < 4.78 is 29.2. The number of anilines is 2. The van der Waals surface area contributed by atoms with Crippen molar-refractivity contribution in [2.45, 2.75) is 17.6 Å². The lowest BCUT2D eigenvalue weighted by molar-refractivity contribution is -0.114. The fraction of sp³-hybridized carbons (Fsp3) is 0.222. The second-order valence-corrected chi connectivity index (χ2v) is 6.39. The van der Waals surface area contributed by atoms with Gasteiger partial charge in [0, 0.05) is 16.3 Å². The molecule has 5 nitrogen and oxygen atoms in total. The number of nitrogens with one attached hydrogen (secondary N) is 2. The lowest BCUT2D eigenvalue weighted by Gasteiger charge is -2.11. The summed E-state index contributed by atoms with van der Waals surface area (Å²) in [7, 11) is 1.30. The highest BCUT2D eigenvalue weighted by atomic mass is 32.2. The van der Waals surface area contributed by atoms with Gasteiger partial charge in [0.25, 0.3) is 5.76 Å². The summed E-state index contributed by atoms with van der Waals surface area (Å²) >= 11 is 0.444. The van der Waals surface area contributed by atoms with Gasteiger partial charge in [-0.15, -0.1) is 0 Å². The number of benzene rings is 2. The van der Waals surface area contributed by atoms with Crippen LogP contribution in [0.25, 0.3) is 0 Å². The van der Waals surface area contributed by atoms with Gasteiger partial charge in [-0.3, -0.25) is 4.79 Å². The number of rotatable bonds is 7. The Hall–Kier alpha value is -2.61. The van der Waals surface area contributed by atoms with Gasteiger partial charge in [-0.05, 0) is 48.9 Å². The van der Waals surface area contributed by atoms with Crippen molar-refractivity contribution in [1.29, 1.82) is 0 Å². The highest BCUT2D eigenvalue weighted by Crippen LogP contribution is 2.26. The molecular weight excluding hydrogens is 362 g/mol. The smallest absolute Gasteiger partial charge is 0.337 e. The fourth-order valence-corrected chi connectivity index (χ4v) is 2.66. The molecule has 8 heteroatoms. The van der Waals surface area contributed by atoms with Crippen molar-refractivity contribution in [3.8, 4) is 0 Å². The molecule has 0 atom stereocenters. The maximum absolute atomic E-state index is 12.3. The van der Waals surface area contributed by atoms with Crippen molar-refractivity contribution in [3.05, 3.63) is 53.6 Å². The van der Waals surface area contributed by atoms with E-state index in [1.807, 2.05) is 6.92 Å². The quantitative estimate of drug-likeness (QED) is 0.558. The maximum atomic E-state index is 12.3. The summed E-state index contributed by atoms with van der Waals surface area (Å²) in [6, 6.07) is 11.2. The summed E-state index contributed by atoms with van der Waals surface area (Å²) in [6.07, 6.45) is 0. The predicted molar refractivity (Wildman–Crippen MR) is 97.9 cm³/mol. The van der Waals surface area contributed by atoms with Crippen LogP contribution in [-0.4, -0.2) is 31.3 Å². The zero-order chi connectivity index (χ0) is 19.1. The van der Waals surface area contributed by atoms with Crippen LogP contribution in [0.4, 0.5) is 20.2 Å². The third-order valence-corrected chi connectivity index (χ3v) is 4.18. The first-order chi connectivity index (χ1) is 12.4. The Labute approximate surface area is 154 Å². The highest BCUT2D eigenvalue weighted by Gasteiger charge is 2.10. The van der Waals surface area contributed by atoms with Crippen molar-refractivity contribution >= 4 is 35.0 Å². The second kappa shape index (κ2) is 9.19. The van der Waals surface area contributed by atoms with Gasteiger partial charge in [0.1, 0.15) is 0 Å². The van der Waals surface area contributed by atoms with Gasteiger partial charge in [0.2, 0.25) is 5.91 Å². The van der Waals surface area contributed by atoms with E-state index in [0.717, 1.165) is 5.56 Å². The highest BCUT2D eigenvalue weighted by molar-refractivity contribution is 7.99. The Kier molecular flexibility index (Phi) is 6.97. The number of alkyl halides is 2. The fourth-order valence-electron chi connectivity index (χ4n) is 2.16. The molecule has 0 aliphatic rings. The molecule has 0 unspecified atom stereocenters. The maximum Gasteiger partial charge on any atom is 0.337 e. The number of ether oxygens (including phenoxy) is 1. The van der Waals surface area contributed by atoms with Crippen molar-refractivity contribution in [2.75, 3.05) is 24.3 Å². The molecule has 0 bridgehead atoms. The average molecular weight is 380 g/mol. The van der Waals surface area contributed by atoms with E-state index in [-0.39, 0.29) is 12.5 Å². The molecule has 0 fully saturated rings. The van der Waals surface area contributed by atoms with Gasteiger partial charge in [-0.1, -0.05) is 17.8 Å². The molecule has 26 heavy (non-hydrogen) atoms. The molecule has 0 saturated carbocycles. The lowest BCUT2D eigenvalue weighted by atomic mass is 10.1. The topological polar surface area (TPSA) is 67.4 Å². The molecule has 0 aliphatic carbocycles. The first-order valence-electron chi connectivity index (χ1n) is 7.66. The summed E-state index contributed by atoms with van der Waals surface area (Å²) in [4.78, 5) is 24.0. The van der Waals surface area contributed by atoms with E-state index in [0.29, 0.717) is 33.6 Å². The van der Waals surface area contributed by atoms with Crippen LogP contribution in [0.2, 0.25) is 0 Å². The summed E-state index contributed by atoms with van der Waals surface area (Å²) in [5, 5.41) is 5.64. The van der Waals surface area contributed by atoms with Crippen LogP contribution in [0, 0.1) is 6.92 Å². The Balaban J connectivity index is 1.93. The lowest BCUT2D eigenvalue weighted by Crippen LogP contribution is -2.22. The predicted octanol–water partition coefficient (Wildman–Crippen LogP) is 4.15. The Morgan fingerprint density at radius 3 is 2.46 bits per heavy atom. The summed E-state index contributed by atoms with van der Waals surface area (Å²) in [6.45, 7) is 1.83. The molecule has 2 rings (SSSR count). The van der Waals surface area contributed by atoms with Crippen LogP contribution in [0.15, 0.2) is 47.4 Å². The number of thioether (sulfide) groups is 1. The summed E-state index contributed by atoms with van der Waals surface area (Å²) in [5.74, 6) is -3.25. The first-order valence-corrected chi connectivity index (χ1v) is 8.54. The molecule has 2 aromatic rings. The Morgan fingerprint density at radius 1 is 1.15 bits per heavy atom. The monoisotopic (exact) mass is 380 g/mol. The first kappa shape index (κ1) is 19.7. The number of methoxy groups -OCH3 is 1. The van der Waals surface area contributed by atoms with Crippen LogP contribution in [0.3, 0.4) is 0 Å². The number of amides is 1. The van der Waals surface area contributed by atoms with Crippen molar-refractivity contribution in [3.63, 3.8) is 0 Å². The molecule has 0 spiro atoms. The number of halogens is 2. The molecule has 0 saturated heterocycles. The van der Waals surface area contributed by atoms with Gasteiger partial charge in [-0.2, -0.15) is 8.78 Å². The molecule has 2 N–H and O–H groups in total. The number of hydrogen-bond donors (Lipinski definition) is 2. The largest absolute Gasteiger partial charge is 0.465 e. The van der Waals surface area contributed by atoms with E-state index in [9.17, 15) is 18.4 Å². The average Bonchev–Trinajstić information content (AvgIpc) is 2.61. The van der Waals surface area contributed by atoms with Crippen molar-refractivity contribution in [2.24, 2.45) is 0 Å². The minimum Gasteiger partial charge on any atom is -0.465 e. The SMILES string of the molecule is COC(=O)c1ccc(C)c(NCC(=O)Nc2ccc(SC(F)F)cc2)c1. The zero-order valence-corrected chi connectivity index (χ0v) is 15.0. The molecular formula is C18H18F2N2O3S. The normalized spacial score (nSPS) is 10.5. The van der Waals surface area contributed by atoms with E-state index >= 15 is 0 Å². The van der Waals surface area contributed by atoms with Gasteiger partial charge < -0.3 is 15.4 Å². The van der Waals surface area contributed by atoms with Crippen LogP contribution in [0.1, 0.15) is 15.9 Å². The van der Waals surface area contributed by atoms with E-state index in [1.54, 1.807) is 30.3 Å². The molecule has 0 aliphatic heterocycles. The second-order valence-electron chi connectivity index (χ2n) is 5.33.